The standard InChI is InChI=1S/C18H19N5O8S2/c1-7(24)3-10(25)31-4-8-5-32-16-12(15(27)23(16)13(8)17(28)29)21-14(26)11(22-30-2)9-6-33-18(19)20-9/h6,12,16H,3-5H2,1-2H3,(H2,19,20)(H,21,26)(H,28,29)/b22-11-. The molecule has 3 heterocycles. The number of carboxylic acids is 1. The zero-order chi connectivity index (χ0) is 24.3. The van der Waals surface area contributed by atoms with Crippen molar-refractivity contribution < 1.29 is 38.7 Å². The van der Waals surface area contributed by atoms with Gasteiger partial charge in [0.2, 0.25) is 0 Å². The first-order chi connectivity index (χ1) is 15.6. The van der Waals surface area contributed by atoms with Gasteiger partial charge in [-0.05, 0) is 6.92 Å². The summed E-state index contributed by atoms with van der Waals surface area (Å²) in [5.41, 5.74) is 5.46. The smallest absolute Gasteiger partial charge is 0.352 e. The first-order valence-corrected chi connectivity index (χ1v) is 11.2. The zero-order valence-electron chi connectivity index (χ0n) is 17.4. The lowest BCUT2D eigenvalue weighted by Crippen LogP contribution is -2.71. The Kier molecular flexibility index (Phi) is 7.33. The van der Waals surface area contributed by atoms with Crippen LogP contribution in [0.4, 0.5) is 5.13 Å². The fraction of sp³-hybridized carbons (Fsp3) is 0.389. The second-order valence-corrected chi connectivity index (χ2v) is 8.85. The lowest BCUT2D eigenvalue weighted by Gasteiger charge is -2.49. The third-order valence-electron chi connectivity index (χ3n) is 4.50. The summed E-state index contributed by atoms with van der Waals surface area (Å²) in [6, 6.07) is -1.02. The van der Waals surface area contributed by atoms with Gasteiger partial charge in [-0.25, -0.2) is 9.78 Å². The summed E-state index contributed by atoms with van der Waals surface area (Å²) < 4.78 is 4.97. The SMILES string of the molecule is CO/N=C(\C(=O)NC1C(=O)N2C(C(=O)O)=C(COC(=O)CC(C)=O)CSC12)c1csc(N)n1. The molecule has 33 heavy (non-hydrogen) atoms. The number of oxime groups is 1. The van der Waals surface area contributed by atoms with Crippen molar-refractivity contribution in [3.05, 3.63) is 22.3 Å². The number of carbonyl (C=O) groups is 5. The number of esters is 1. The van der Waals surface area contributed by atoms with Gasteiger partial charge in [0, 0.05) is 16.7 Å². The monoisotopic (exact) mass is 497 g/mol. The fourth-order valence-electron chi connectivity index (χ4n) is 3.12. The number of carboxylic acid groups (broad SMARTS) is 1. The minimum Gasteiger partial charge on any atom is -0.477 e. The maximum atomic E-state index is 12.7. The first-order valence-electron chi connectivity index (χ1n) is 9.32. The van der Waals surface area contributed by atoms with Gasteiger partial charge in [0.1, 0.15) is 48.7 Å². The predicted octanol–water partition coefficient (Wildman–Crippen LogP) is -0.663. The lowest BCUT2D eigenvalue weighted by atomic mass is 10.0. The molecule has 0 radical (unpaired) electrons. The van der Waals surface area contributed by atoms with Gasteiger partial charge in [-0.2, -0.15) is 0 Å². The number of nitrogens with one attached hydrogen (secondary N) is 1. The van der Waals surface area contributed by atoms with E-state index in [9.17, 15) is 29.1 Å². The second kappa shape index (κ2) is 9.99. The predicted molar refractivity (Wildman–Crippen MR) is 116 cm³/mol. The van der Waals surface area contributed by atoms with E-state index in [-0.39, 0.29) is 40.2 Å². The Morgan fingerprint density at radius 1 is 1.39 bits per heavy atom. The minimum absolute atomic E-state index is 0.136. The summed E-state index contributed by atoms with van der Waals surface area (Å²) in [5.74, 6) is -3.82. The maximum Gasteiger partial charge on any atom is 0.352 e. The van der Waals surface area contributed by atoms with Crippen LogP contribution in [0.3, 0.4) is 0 Å². The quantitative estimate of drug-likeness (QED) is 0.129. The average Bonchev–Trinajstić information content (AvgIpc) is 3.18. The molecule has 0 spiro atoms. The van der Waals surface area contributed by atoms with Crippen LogP contribution in [0.2, 0.25) is 0 Å². The Hall–Kier alpha value is -3.46. The highest BCUT2D eigenvalue weighted by Crippen LogP contribution is 2.40. The Morgan fingerprint density at radius 3 is 2.70 bits per heavy atom. The second-order valence-electron chi connectivity index (χ2n) is 6.85. The summed E-state index contributed by atoms with van der Waals surface area (Å²) in [6.07, 6.45) is -0.432. The van der Waals surface area contributed by atoms with Crippen LogP contribution in [0.1, 0.15) is 19.0 Å². The summed E-state index contributed by atoms with van der Waals surface area (Å²) in [4.78, 5) is 69.6. The van der Waals surface area contributed by atoms with E-state index < -0.39 is 47.4 Å². The molecule has 0 saturated carbocycles. The van der Waals surface area contributed by atoms with Gasteiger partial charge in [-0.1, -0.05) is 5.16 Å². The van der Waals surface area contributed by atoms with E-state index in [4.69, 9.17) is 15.3 Å². The Balaban J connectivity index is 1.73. The van der Waals surface area contributed by atoms with Gasteiger partial charge in [-0.3, -0.25) is 24.1 Å². The van der Waals surface area contributed by atoms with Crippen LogP contribution in [0.15, 0.2) is 21.8 Å². The van der Waals surface area contributed by atoms with Gasteiger partial charge in [0.15, 0.2) is 10.8 Å². The van der Waals surface area contributed by atoms with Crippen molar-refractivity contribution in [3.8, 4) is 0 Å². The summed E-state index contributed by atoms with van der Waals surface area (Å²) in [5, 5.41) is 16.8. The Morgan fingerprint density at radius 2 is 2.12 bits per heavy atom. The van der Waals surface area contributed by atoms with E-state index in [2.05, 4.69) is 15.5 Å². The molecule has 4 N–H and O–H groups in total. The van der Waals surface area contributed by atoms with Crippen LogP contribution >= 0.6 is 23.1 Å². The molecule has 0 aliphatic carbocycles. The van der Waals surface area contributed by atoms with Crippen molar-refractivity contribution in [3.63, 3.8) is 0 Å². The molecule has 0 bridgehead atoms. The number of fused-ring (bicyclic) bond motifs is 1. The number of hydrogen-bond acceptors (Lipinski definition) is 12. The minimum atomic E-state index is -1.38. The third-order valence-corrected chi connectivity index (χ3v) is 6.51. The molecule has 13 nitrogen and oxygen atoms in total. The maximum absolute atomic E-state index is 12.7. The van der Waals surface area contributed by atoms with Crippen molar-refractivity contribution in [2.45, 2.75) is 24.8 Å². The van der Waals surface area contributed by atoms with Gasteiger partial charge < -0.3 is 25.7 Å². The number of carbonyl (C=O) groups excluding carboxylic acids is 4. The van der Waals surface area contributed by atoms with Crippen LogP contribution in [0, 0.1) is 0 Å². The number of β-lactam (4-membered cyclic amide) rings is 1. The Bertz CT molecular complexity index is 1080. The van der Waals surface area contributed by atoms with Crippen LogP contribution in [-0.4, -0.2) is 81.1 Å². The van der Waals surface area contributed by atoms with Gasteiger partial charge in [-0.15, -0.1) is 23.1 Å². The summed E-state index contributed by atoms with van der Waals surface area (Å²) in [7, 11) is 1.24. The molecule has 2 atom stereocenters. The van der Waals surface area contributed by atoms with Crippen LogP contribution in [-0.2, 0) is 33.5 Å². The number of rotatable bonds is 9. The molecule has 3 rings (SSSR count). The van der Waals surface area contributed by atoms with Crippen molar-refractivity contribution in [1.82, 2.24) is 15.2 Å². The van der Waals surface area contributed by atoms with Crippen molar-refractivity contribution in [1.29, 1.82) is 0 Å². The molecule has 1 fully saturated rings. The number of ketones is 1. The molecule has 1 saturated heterocycles. The topological polar surface area (TPSA) is 191 Å². The fourth-order valence-corrected chi connectivity index (χ4v) is 4.99. The summed E-state index contributed by atoms with van der Waals surface area (Å²) >= 11 is 2.28. The summed E-state index contributed by atoms with van der Waals surface area (Å²) in [6.45, 7) is 0.855. The van der Waals surface area contributed by atoms with Gasteiger partial charge in [0.25, 0.3) is 11.8 Å². The number of nitrogens with zero attached hydrogens (tertiary/aromatic N) is 3. The first kappa shape index (κ1) is 24.2. The highest BCUT2D eigenvalue weighted by Gasteiger charge is 2.54. The highest BCUT2D eigenvalue weighted by atomic mass is 32.2. The molecule has 2 unspecified atom stereocenters. The number of anilines is 1. The van der Waals surface area contributed by atoms with Crippen LogP contribution < -0.4 is 11.1 Å². The number of hydrogen-bond donors (Lipinski definition) is 3. The van der Waals surface area contributed by atoms with Crippen molar-refractivity contribution >= 4 is 63.5 Å². The average molecular weight is 498 g/mol. The molecule has 2 aliphatic rings. The van der Waals surface area contributed by atoms with Crippen molar-refractivity contribution in [2.75, 3.05) is 25.2 Å². The van der Waals surface area contributed by atoms with Crippen LogP contribution in [0.5, 0.6) is 0 Å². The zero-order valence-corrected chi connectivity index (χ0v) is 19.0. The van der Waals surface area contributed by atoms with E-state index >= 15 is 0 Å². The van der Waals surface area contributed by atoms with E-state index in [0.717, 1.165) is 16.2 Å². The van der Waals surface area contributed by atoms with E-state index in [1.807, 2.05) is 0 Å². The van der Waals surface area contributed by atoms with Crippen molar-refractivity contribution in [2.24, 2.45) is 5.16 Å². The van der Waals surface area contributed by atoms with E-state index in [0.29, 0.717) is 0 Å². The van der Waals surface area contributed by atoms with Gasteiger partial charge >= 0.3 is 11.9 Å². The largest absolute Gasteiger partial charge is 0.477 e. The number of aromatic nitrogens is 1. The van der Waals surface area contributed by atoms with Crippen LogP contribution in [0.25, 0.3) is 0 Å². The molecule has 1 aromatic rings. The number of thioether (sulfide) groups is 1. The number of thiazole rings is 1. The number of ether oxygens (including phenoxy) is 1. The molecular formula is C18H19N5O8S2. The molecule has 1 aromatic heterocycles. The van der Waals surface area contributed by atoms with E-state index in [1.54, 1.807) is 0 Å². The molecule has 15 heteroatoms. The lowest BCUT2D eigenvalue weighted by molar-refractivity contribution is -0.150. The highest BCUT2D eigenvalue weighted by molar-refractivity contribution is 8.00. The number of aliphatic carboxylic acids is 1. The van der Waals surface area contributed by atoms with Gasteiger partial charge in [0.05, 0.1) is 0 Å². The van der Waals surface area contributed by atoms with E-state index in [1.165, 1.54) is 31.2 Å². The number of Topliss-reactive ketones (excluding diaryl/α,β-unsaturated/α-hetero) is 1. The molecule has 2 aliphatic heterocycles. The number of nitrogen functional groups attached to an aromatic ring is 1. The molecule has 176 valence electrons. The normalized spacial score (nSPS) is 20.0. The number of amides is 2. The molecule has 0 aromatic carbocycles. The molecular weight excluding hydrogens is 478 g/mol. The Labute approximate surface area is 195 Å². The molecule has 2 amide bonds. The third kappa shape index (κ3) is 5.14. The number of nitrogens with two attached hydrogens (primary N) is 1.